The molecular formula is C16H26N2O2S. The first kappa shape index (κ1) is 16.5. The molecule has 1 N–H and O–H groups in total. The van der Waals surface area contributed by atoms with Crippen molar-refractivity contribution in [2.45, 2.75) is 57.5 Å². The van der Waals surface area contributed by atoms with E-state index in [0.717, 1.165) is 24.1 Å². The van der Waals surface area contributed by atoms with Gasteiger partial charge in [0.2, 0.25) is 10.0 Å². The molecular weight excluding hydrogens is 284 g/mol. The molecule has 4 nitrogen and oxygen atoms in total. The Morgan fingerprint density at radius 3 is 2.57 bits per heavy atom. The highest BCUT2D eigenvalue weighted by Crippen LogP contribution is 2.22. The first-order valence-corrected chi connectivity index (χ1v) is 9.26. The van der Waals surface area contributed by atoms with Gasteiger partial charge in [-0.25, -0.2) is 8.42 Å². The van der Waals surface area contributed by atoms with Gasteiger partial charge < -0.3 is 5.32 Å². The van der Waals surface area contributed by atoms with E-state index in [1.54, 1.807) is 10.4 Å². The summed E-state index contributed by atoms with van der Waals surface area (Å²) in [6, 6.07) is 6.09. The third kappa shape index (κ3) is 4.05. The zero-order valence-electron chi connectivity index (χ0n) is 13.2. The number of aryl methyl sites for hydroxylation is 1. The van der Waals surface area contributed by atoms with E-state index >= 15 is 0 Å². The van der Waals surface area contributed by atoms with Gasteiger partial charge in [-0.15, -0.1) is 0 Å². The van der Waals surface area contributed by atoms with Crippen molar-refractivity contribution in [1.82, 2.24) is 9.62 Å². The van der Waals surface area contributed by atoms with Crippen LogP contribution in [-0.2, 0) is 16.6 Å². The van der Waals surface area contributed by atoms with Crippen LogP contribution < -0.4 is 5.32 Å². The smallest absolute Gasteiger partial charge is 0.243 e. The quantitative estimate of drug-likeness (QED) is 0.803. The standard InChI is InChI=1S/C16H26N2O2S/c1-4-10-18(5-2)21(19,20)16-9-6-13(3)14(11-16)12-17-15-7-8-15/h6,9,11,15,17H,4-5,7-8,10,12H2,1-3H3. The summed E-state index contributed by atoms with van der Waals surface area (Å²) in [7, 11) is -3.37. The Labute approximate surface area is 128 Å². The fraction of sp³-hybridized carbons (Fsp3) is 0.625. The van der Waals surface area contributed by atoms with E-state index in [9.17, 15) is 8.42 Å². The van der Waals surface area contributed by atoms with Crippen molar-refractivity contribution in [3.8, 4) is 0 Å². The molecule has 1 aliphatic carbocycles. The molecule has 0 bridgehead atoms. The van der Waals surface area contributed by atoms with E-state index in [0.29, 0.717) is 24.0 Å². The summed E-state index contributed by atoms with van der Waals surface area (Å²) in [5, 5.41) is 3.45. The van der Waals surface area contributed by atoms with Crippen LogP contribution >= 0.6 is 0 Å². The minimum absolute atomic E-state index is 0.413. The minimum atomic E-state index is -3.37. The van der Waals surface area contributed by atoms with Gasteiger partial charge in [0.05, 0.1) is 4.90 Å². The molecule has 0 heterocycles. The lowest BCUT2D eigenvalue weighted by Gasteiger charge is -2.20. The van der Waals surface area contributed by atoms with Crippen molar-refractivity contribution in [1.29, 1.82) is 0 Å². The van der Waals surface area contributed by atoms with Crippen LogP contribution in [-0.4, -0.2) is 31.9 Å². The summed E-state index contributed by atoms with van der Waals surface area (Å²) in [5.41, 5.74) is 2.22. The van der Waals surface area contributed by atoms with E-state index in [2.05, 4.69) is 5.32 Å². The molecule has 1 aromatic rings. The van der Waals surface area contributed by atoms with Crippen molar-refractivity contribution in [3.63, 3.8) is 0 Å². The van der Waals surface area contributed by atoms with Crippen LogP contribution in [0.2, 0.25) is 0 Å². The van der Waals surface area contributed by atoms with E-state index in [-0.39, 0.29) is 0 Å². The maximum atomic E-state index is 12.7. The maximum absolute atomic E-state index is 12.7. The van der Waals surface area contributed by atoms with Gasteiger partial charge in [0.15, 0.2) is 0 Å². The minimum Gasteiger partial charge on any atom is -0.310 e. The fourth-order valence-corrected chi connectivity index (χ4v) is 3.98. The van der Waals surface area contributed by atoms with Crippen molar-refractivity contribution in [2.24, 2.45) is 0 Å². The maximum Gasteiger partial charge on any atom is 0.243 e. The molecule has 0 unspecified atom stereocenters. The average molecular weight is 310 g/mol. The molecule has 0 amide bonds. The van der Waals surface area contributed by atoms with Gasteiger partial charge in [-0.3, -0.25) is 0 Å². The summed E-state index contributed by atoms with van der Waals surface area (Å²) < 4.78 is 26.9. The van der Waals surface area contributed by atoms with Crippen LogP contribution in [0, 0.1) is 6.92 Å². The molecule has 1 saturated carbocycles. The summed E-state index contributed by atoms with van der Waals surface area (Å²) in [5.74, 6) is 0. The summed E-state index contributed by atoms with van der Waals surface area (Å²) in [4.78, 5) is 0.413. The first-order valence-electron chi connectivity index (χ1n) is 7.82. The Morgan fingerprint density at radius 1 is 1.29 bits per heavy atom. The van der Waals surface area contributed by atoms with Crippen LogP contribution in [0.1, 0.15) is 44.2 Å². The highest BCUT2D eigenvalue weighted by atomic mass is 32.2. The predicted octanol–water partition coefficient (Wildman–Crippen LogP) is 2.67. The molecule has 1 aliphatic rings. The fourth-order valence-electron chi connectivity index (χ4n) is 2.39. The second-order valence-electron chi connectivity index (χ2n) is 5.74. The Morgan fingerprint density at radius 2 is 2.00 bits per heavy atom. The van der Waals surface area contributed by atoms with Gasteiger partial charge >= 0.3 is 0 Å². The van der Waals surface area contributed by atoms with Gasteiger partial charge in [0, 0.05) is 25.7 Å². The molecule has 1 aromatic carbocycles. The predicted molar refractivity (Wildman–Crippen MR) is 85.8 cm³/mol. The van der Waals surface area contributed by atoms with E-state index in [4.69, 9.17) is 0 Å². The van der Waals surface area contributed by atoms with Crippen molar-refractivity contribution < 1.29 is 8.42 Å². The van der Waals surface area contributed by atoms with E-state index < -0.39 is 10.0 Å². The molecule has 0 spiro atoms. The Balaban J connectivity index is 2.23. The number of benzene rings is 1. The van der Waals surface area contributed by atoms with Gasteiger partial charge in [0.1, 0.15) is 0 Å². The second kappa shape index (κ2) is 6.90. The number of nitrogens with one attached hydrogen (secondary N) is 1. The van der Waals surface area contributed by atoms with E-state index in [1.807, 2.05) is 32.9 Å². The van der Waals surface area contributed by atoms with Gasteiger partial charge in [-0.1, -0.05) is 19.9 Å². The summed E-state index contributed by atoms with van der Waals surface area (Å²) >= 11 is 0. The highest BCUT2D eigenvalue weighted by Gasteiger charge is 2.24. The molecule has 2 rings (SSSR count). The molecule has 0 atom stereocenters. The molecule has 0 radical (unpaired) electrons. The van der Waals surface area contributed by atoms with Gasteiger partial charge in [-0.2, -0.15) is 4.31 Å². The highest BCUT2D eigenvalue weighted by molar-refractivity contribution is 7.89. The number of sulfonamides is 1. The zero-order chi connectivity index (χ0) is 15.5. The summed E-state index contributed by atoms with van der Waals surface area (Å²) in [6.07, 6.45) is 3.29. The normalized spacial score (nSPS) is 15.6. The van der Waals surface area contributed by atoms with Crippen LogP contribution in [0.5, 0.6) is 0 Å². The number of hydrogen-bond acceptors (Lipinski definition) is 3. The summed E-state index contributed by atoms with van der Waals surface area (Å²) in [6.45, 7) is 7.75. The Hall–Kier alpha value is -0.910. The molecule has 1 fully saturated rings. The number of nitrogens with zero attached hydrogens (tertiary/aromatic N) is 1. The van der Waals surface area contributed by atoms with Crippen LogP contribution in [0.4, 0.5) is 0 Å². The average Bonchev–Trinajstić information content (AvgIpc) is 3.27. The van der Waals surface area contributed by atoms with Crippen molar-refractivity contribution in [2.75, 3.05) is 13.1 Å². The first-order chi connectivity index (χ1) is 9.98. The number of rotatable bonds is 8. The van der Waals surface area contributed by atoms with Crippen molar-refractivity contribution >= 4 is 10.0 Å². The Kier molecular flexibility index (Phi) is 5.41. The second-order valence-corrected chi connectivity index (χ2v) is 7.68. The molecule has 118 valence electrons. The van der Waals surface area contributed by atoms with E-state index in [1.165, 1.54) is 12.8 Å². The SMILES string of the molecule is CCCN(CC)S(=O)(=O)c1ccc(C)c(CNC2CC2)c1. The Bertz CT molecular complexity index is 580. The topological polar surface area (TPSA) is 49.4 Å². The third-order valence-corrected chi connectivity index (χ3v) is 5.91. The van der Waals surface area contributed by atoms with Crippen LogP contribution in [0.25, 0.3) is 0 Å². The van der Waals surface area contributed by atoms with Crippen LogP contribution in [0.3, 0.4) is 0 Å². The molecule has 0 saturated heterocycles. The van der Waals surface area contributed by atoms with Crippen molar-refractivity contribution in [3.05, 3.63) is 29.3 Å². The zero-order valence-corrected chi connectivity index (χ0v) is 14.0. The number of hydrogen-bond donors (Lipinski definition) is 1. The largest absolute Gasteiger partial charge is 0.310 e. The van der Waals surface area contributed by atoms with Gasteiger partial charge in [0.25, 0.3) is 0 Å². The molecule has 0 aromatic heterocycles. The van der Waals surface area contributed by atoms with Gasteiger partial charge in [-0.05, 0) is 49.4 Å². The van der Waals surface area contributed by atoms with Crippen LogP contribution in [0.15, 0.2) is 23.1 Å². The monoisotopic (exact) mass is 310 g/mol. The molecule has 0 aliphatic heterocycles. The third-order valence-electron chi connectivity index (χ3n) is 3.94. The lowest BCUT2D eigenvalue weighted by molar-refractivity contribution is 0.427. The lowest BCUT2D eigenvalue weighted by Crippen LogP contribution is -2.31. The molecule has 21 heavy (non-hydrogen) atoms. The lowest BCUT2D eigenvalue weighted by atomic mass is 10.1. The molecule has 5 heteroatoms.